The number of hydrogen-bond donors (Lipinski definition) is 1. The number of Topliss-reactive ketones (excluding diaryl/α,β-unsaturated/α-hetero) is 1. The molecule has 1 amide bonds. The molecule has 0 bridgehead atoms. The Hall–Kier alpha value is -3.03. The van der Waals surface area contributed by atoms with E-state index in [1.807, 2.05) is 19.1 Å². The summed E-state index contributed by atoms with van der Waals surface area (Å²) in [6.07, 6.45) is 3.99. The van der Waals surface area contributed by atoms with Crippen molar-refractivity contribution in [2.45, 2.75) is 19.4 Å². The average molecular weight is 421 g/mol. The van der Waals surface area contributed by atoms with Crippen LogP contribution >= 0.6 is 0 Å². The van der Waals surface area contributed by atoms with Crippen molar-refractivity contribution in [3.63, 3.8) is 0 Å². The molecule has 1 unspecified atom stereocenters. The Morgan fingerprint density at radius 1 is 1.13 bits per heavy atom. The molecule has 0 radical (unpaired) electrons. The van der Waals surface area contributed by atoms with Crippen LogP contribution in [0.3, 0.4) is 0 Å². The van der Waals surface area contributed by atoms with E-state index >= 15 is 0 Å². The van der Waals surface area contributed by atoms with Crippen LogP contribution in [0.1, 0.15) is 29.2 Å². The third kappa shape index (κ3) is 4.52. The molecule has 0 spiro atoms. The zero-order chi connectivity index (χ0) is 21.8. The maximum Gasteiger partial charge on any atom is 0.295 e. The molecular weight excluding hydrogens is 394 g/mol. The third-order valence-electron chi connectivity index (χ3n) is 5.99. The normalized spacial score (nSPS) is 21.6. The van der Waals surface area contributed by atoms with Gasteiger partial charge in [0.2, 0.25) is 5.78 Å². The summed E-state index contributed by atoms with van der Waals surface area (Å²) in [5.74, 6) is -1.69. The lowest BCUT2D eigenvalue weighted by molar-refractivity contribution is -0.908. The second kappa shape index (κ2) is 9.41. The van der Waals surface area contributed by atoms with E-state index in [9.17, 15) is 14.7 Å². The largest absolute Gasteiger partial charge is 0.872 e. The molecule has 1 atom stereocenters. The first-order valence-electron chi connectivity index (χ1n) is 10.7. The molecule has 3 heterocycles. The highest BCUT2D eigenvalue weighted by molar-refractivity contribution is 6.46. The molecule has 0 aliphatic carbocycles. The SMILES string of the molecule is Cc1ccc(/C([O-])=C2\C(=O)C(=O)N(CCC[NH+]3CCOCC3)C2c2ccncc2)cc1. The number of carbonyl (C=O) groups excluding carboxylic acids is 2. The summed E-state index contributed by atoms with van der Waals surface area (Å²) in [5.41, 5.74) is 2.19. The summed E-state index contributed by atoms with van der Waals surface area (Å²) >= 11 is 0. The molecular formula is C24H27N3O4. The Bertz CT molecular complexity index is 966. The van der Waals surface area contributed by atoms with Crippen LogP contribution in [-0.4, -0.2) is 61.0 Å². The molecule has 1 aromatic heterocycles. The van der Waals surface area contributed by atoms with Gasteiger partial charge >= 0.3 is 0 Å². The molecule has 7 nitrogen and oxygen atoms in total. The topological polar surface area (TPSA) is 87.0 Å². The molecule has 2 aliphatic rings. The molecule has 1 N–H and O–H groups in total. The maximum absolute atomic E-state index is 13.3. The number of hydrogen-bond acceptors (Lipinski definition) is 5. The van der Waals surface area contributed by atoms with Gasteiger partial charge in [0.1, 0.15) is 13.1 Å². The van der Waals surface area contributed by atoms with Crippen molar-refractivity contribution in [2.75, 3.05) is 39.4 Å². The predicted molar refractivity (Wildman–Crippen MR) is 113 cm³/mol. The Morgan fingerprint density at radius 2 is 1.81 bits per heavy atom. The fourth-order valence-corrected chi connectivity index (χ4v) is 4.26. The standard InChI is InChI=1S/C24H27N3O4/c1-17-3-5-19(6-4-17)22(28)20-21(18-7-9-25-10-8-18)27(24(30)23(20)29)12-2-11-26-13-15-31-16-14-26/h3-10,21,28H,2,11-16H2,1H3/b22-20+. The lowest BCUT2D eigenvalue weighted by Gasteiger charge is -2.28. The third-order valence-corrected chi connectivity index (χ3v) is 5.99. The number of rotatable bonds is 6. The van der Waals surface area contributed by atoms with Crippen LogP contribution in [0.5, 0.6) is 0 Å². The summed E-state index contributed by atoms with van der Waals surface area (Å²) in [4.78, 5) is 32.9. The Kier molecular flexibility index (Phi) is 6.44. The van der Waals surface area contributed by atoms with Gasteiger partial charge in [0.15, 0.2) is 0 Å². The van der Waals surface area contributed by atoms with Gasteiger partial charge in [0, 0.05) is 30.9 Å². The number of likely N-dealkylation sites (tertiary alicyclic amines) is 1. The molecule has 2 aromatic rings. The van der Waals surface area contributed by atoms with E-state index in [-0.39, 0.29) is 11.3 Å². The number of aromatic nitrogens is 1. The van der Waals surface area contributed by atoms with Crippen molar-refractivity contribution >= 4 is 17.4 Å². The van der Waals surface area contributed by atoms with Gasteiger partial charge in [-0.25, -0.2) is 0 Å². The fraction of sp³-hybridized carbons (Fsp3) is 0.375. The van der Waals surface area contributed by atoms with Crippen molar-refractivity contribution in [1.29, 1.82) is 0 Å². The van der Waals surface area contributed by atoms with Crippen LogP contribution < -0.4 is 10.0 Å². The fourth-order valence-electron chi connectivity index (χ4n) is 4.26. The second-order valence-electron chi connectivity index (χ2n) is 8.09. The number of quaternary nitrogens is 1. The number of pyridine rings is 1. The molecule has 1 aromatic carbocycles. The van der Waals surface area contributed by atoms with Gasteiger partial charge in [-0.3, -0.25) is 14.6 Å². The monoisotopic (exact) mass is 421 g/mol. The summed E-state index contributed by atoms with van der Waals surface area (Å²) < 4.78 is 5.40. The van der Waals surface area contributed by atoms with Crippen LogP contribution in [-0.2, 0) is 14.3 Å². The molecule has 2 aliphatic heterocycles. The lowest BCUT2D eigenvalue weighted by Crippen LogP contribution is -3.14. The molecule has 0 saturated carbocycles. The number of benzene rings is 1. The number of amides is 1. The molecule has 162 valence electrons. The van der Waals surface area contributed by atoms with Crippen molar-refractivity contribution in [3.8, 4) is 0 Å². The number of nitrogens with zero attached hydrogens (tertiary/aromatic N) is 2. The van der Waals surface area contributed by atoms with E-state index in [2.05, 4.69) is 4.98 Å². The zero-order valence-electron chi connectivity index (χ0n) is 17.7. The van der Waals surface area contributed by atoms with Gasteiger partial charge in [0.05, 0.1) is 25.8 Å². The number of morpholine rings is 1. The van der Waals surface area contributed by atoms with Crippen molar-refractivity contribution in [3.05, 3.63) is 71.1 Å². The molecule has 7 heteroatoms. The predicted octanol–water partition coefficient (Wildman–Crippen LogP) is -0.0808. The summed E-state index contributed by atoms with van der Waals surface area (Å²) in [6, 6.07) is 9.92. The van der Waals surface area contributed by atoms with E-state index in [1.54, 1.807) is 41.6 Å². The smallest absolute Gasteiger partial charge is 0.295 e. The quantitative estimate of drug-likeness (QED) is 0.401. The van der Waals surface area contributed by atoms with Crippen LogP contribution in [0.15, 0.2) is 54.4 Å². The van der Waals surface area contributed by atoms with Gasteiger partial charge < -0.3 is 19.6 Å². The lowest BCUT2D eigenvalue weighted by atomic mass is 9.95. The highest BCUT2D eigenvalue weighted by Crippen LogP contribution is 2.38. The first-order chi connectivity index (χ1) is 15.1. The average Bonchev–Trinajstić information content (AvgIpc) is 3.05. The summed E-state index contributed by atoms with van der Waals surface area (Å²) in [5, 5.41) is 13.3. The van der Waals surface area contributed by atoms with Gasteiger partial charge in [-0.2, -0.15) is 0 Å². The zero-order valence-corrected chi connectivity index (χ0v) is 17.7. The highest BCUT2D eigenvalue weighted by Gasteiger charge is 2.44. The van der Waals surface area contributed by atoms with E-state index in [4.69, 9.17) is 4.74 Å². The van der Waals surface area contributed by atoms with E-state index in [0.717, 1.165) is 50.4 Å². The molecule has 2 saturated heterocycles. The first-order valence-corrected chi connectivity index (χ1v) is 10.7. The maximum atomic E-state index is 13.3. The minimum atomic E-state index is -0.703. The van der Waals surface area contributed by atoms with Crippen LogP contribution in [0.2, 0.25) is 0 Å². The van der Waals surface area contributed by atoms with Crippen LogP contribution in [0.25, 0.3) is 5.76 Å². The number of nitrogens with one attached hydrogen (secondary N) is 1. The molecule has 31 heavy (non-hydrogen) atoms. The van der Waals surface area contributed by atoms with Crippen molar-refractivity contribution in [1.82, 2.24) is 9.88 Å². The van der Waals surface area contributed by atoms with Gasteiger partial charge in [-0.15, -0.1) is 0 Å². The summed E-state index contributed by atoms with van der Waals surface area (Å²) in [7, 11) is 0. The van der Waals surface area contributed by atoms with Crippen LogP contribution in [0.4, 0.5) is 0 Å². The van der Waals surface area contributed by atoms with E-state index in [0.29, 0.717) is 12.1 Å². The Balaban J connectivity index is 1.64. The molecule has 2 fully saturated rings. The minimum Gasteiger partial charge on any atom is -0.872 e. The Morgan fingerprint density at radius 3 is 2.48 bits per heavy atom. The Labute approximate surface area is 182 Å². The van der Waals surface area contributed by atoms with Crippen molar-refractivity contribution in [2.24, 2.45) is 0 Å². The van der Waals surface area contributed by atoms with Gasteiger partial charge in [-0.1, -0.05) is 35.6 Å². The second-order valence-corrected chi connectivity index (χ2v) is 8.09. The first kappa shape index (κ1) is 21.2. The number of ketones is 1. The van der Waals surface area contributed by atoms with Crippen molar-refractivity contribution < 1.29 is 24.3 Å². The van der Waals surface area contributed by atoms with Gasteiger partial charge in [-0.05, 0) is 30.2 Å². The van der Waals surface area contributed by atoms with Gasteiger partial charge in [0.25, 0.3) is 5.91 Å². The van der Waals surface area contributed by atoms with Crippen LogP contribution in [0, 0.1) is 6.92 Å². The highest BCUT2D eigenvalue weighted by atomic mass is 16.5. The minimum absolute atomic E-state index is 0.0266. The molecule has 4 rings (SSSR count). The summed E-state index contributed by atoms with van der Waals surface area (Å²) in [6.45, 7) is 6.65. The van der Waals surface area contributed by atoms with E-state index in [1.165, 1.54) is 4.90 Å². The van der Waals surface area contributed by atoms with E-state index < -0.39 is 17.7 Å². The number of aryl methyl sites for hydroxylation is 1. The number of carbonyl (C=O) groups is 2. The number of ether oxygens (including phenoxy) is 1.